The van der Waals surface area contributed by atoms with E-state index in [0.717, 1.165) is 47.0 Å². The number of amides is 15. The highest BCUT2D eigenvalue weighted by molar-refractivity contribution is 8.02. The summed E-state index contributed by atoms with van der Waals surface area (Å²) in [5, 5.41) is 23.3. The number of carbonyl (C=O) groups is 13. The van der Waals surface area contributed by atoms with Crippen molar-refractivity contribution in [3.8, 4) is 0 Å². The maximum atomic E-state index is 16.0. The van der Waals surface area contributed by atoms with Crippen LogP contribution in [0.4, 0.5) is 33.6 Å². The molecule has 6 unspecified atom stereocenters. The largest absolute Gasteiger partial charge is 0.459 e. The summed E-state index contributed by atoms with van der Waals surface area (Å²) in [5.41, 5.74) is 3.34. The first-order valence-electron chi connectivity index (χ1n) is 43.8. The van der Waals surface area contributed by atoms with E-state index in [0.29, 0.717) is 33.2 Å². The van der Waals surface area contributed by atoms with E-state index in [2.05, 4.69) is 47.9 Å². The Hall–Kier alpha value is -11.2. The van der Waals surface area contributed by atoms with Crippen LogP contribution in [-0.4, -0.2) is 374 Å². The van der Waals surface area contributed by atoms with Crippen LogP contribution in [-0.2, 0) is 87.9 Å². The first-order valence-corrected chi connectivity index (χ1v) is 45.4. The van der Waals surface area contributed by atoms with Gasteiger partial charge < -0.3 is 84.2 Å². The molecule has 5 aliphatic heterocycles. The van der Waals surface area contributed by atoms with Gasteiger partial charge in [-0.05, 0) is 94.9 Å². The summed E-state index contributed by atoms with van der Waals surface area (Å²) >= 11 is 0. The molecule has 57 heteroatoms. The van der Waals surface area contributed by atoms with Crippen LogP contribution >= 0.6 is 7.57 Å². The lowest BCUT2D eigenvalue weighted by molar-refractivity contribution is -0.156. The van der Waals surface area contributed by atoms with Gasteiger partial charge in [0.25, 0.3) is 7.57 Å². The Labute approximate surface area is 803 Å². The molecule has 0 aromatic heterocycles. The molecule has 15 amide bonds. The maximum absolute atomic E-state index is 16.0. The third kappa shape index (κ3) is 33.9. The fourth-order valence-corrected chi connectivity index (χ4v) is 16.4. The highest BCUT2D eigenvalue weighted by Gasteiger charge is 2.49. The van der Waals surface area contributed by atoms with Crippen molar-refractivity contribution in [3.05, 3.63) is 203 Å². The molecule has 9 rings (SSSR count). The van der Waals surface area contributed by atoms with Gasteiger partial charge in [0.05, 0.1) is 13.2 Å². The predicted octanol–water partition coefficient (Wildman–Crippen LogP) is -2.56. The van der Waals surface area contributed by atoms with E-state index < -0.39 is 251 Å². The van der Waals surface area contributed by atoms with Crippen molar-refractivity contribution in [2.75, 3.05) is 72.1 Å². The Balaban J connectivity index is 1.08. The van der Waals surface area contributed by atoms with Crippen LogP contribution in [0.15, 0.2) is 175 Å². The normalized spacial score (nSPS) is 15.8. The van der Waals surface area contributed by atoms with E-state index in [4.69, 9.17) is 110 Å². The number of ether oxygens (including phenoxy) is 5. The van der Waals surface area contributed by atoms with Gasteiger partial charge >= 0.3 is 48.4 Å². The van der Waals surface area contributed by atoms with Crippen LogP contribution < -0.4 is 47.9 Å². The molecule has 0 bridgehead atoms. The Kier molecular flexibility index (Phi) is 41.1. The van der Waals surface area contributed by atoms with Gasteiger partial charge in [-0.2, -0.15) is 0 Å². The predicted molar refractivity (Wildman–Crippen MR) is 530 cm³/mol. The molecule has 0 spiro atoms. The van der Waals surface area contributed by atoms with Crippen LogP contribution in [0.5, 0.6) is 0 Å². The van der Waals surface area contributed by atoms with Crippen LogP contribution in [0.1, 0.15) is 75.3 Å². The zero-order valence-corrected chi connectivity index (χ0v) is 76.8. The number of urea groups is 3. The number of alkyl carbamates (subject to hydrolysis) is 4. The van der Waals surface area contributed by atoms with Gasteiger partial charge in [0.2, 0.25) is 29.5 Å². The highest BCUT2D eigenvalue weighted by atomic mass is 31.2. The summed E-state index contributed by atoms with van der Waals surface area (Å²) in [6.07, 6.45) is -8.66. The van der Waals surface area contributed by atoms with Gasteiger partial charge in [-0.3, -0.25) is 54.6 Å². The van der Waals surface area contributed by atoms with Crippen molar-refractivity contribution >= 4 is 233 Å². The average molecular weight is 1830 g/mol. The van der Waals surface area contributed by atoms with Crippen molar-refractivity contribution in [1.82, 2.24) is 77.3 Å². The molecule has 0 saturated heterocycles. The van der Waals surface area contributed by atoms with E-state index in [9.17, 15) is 38.5 Å². The summed E-state index contributed by atoms with van der Waals surface area (Å²) in [5.74, 6) is -1.89. The molecule has 0 saturated carbocycles. The smallest absolute Gasteiger partial charge is 0.409 e. The lowest BCUT2D eigenvalue weighted by Gasteiger charge is -2.35. The highest BCUT2D eigenvalue weighted by Crippen LogP contribution is 2.45. The van der Waals surface area contributed by atoms with E-state index in [-0.39, 0.29) is 52.5 Å². The summed E-state index contributed by atoms with van der Waals surface area (Å²) in [7, 11) is 58.3. The molecule has 0 fully saturated rings. The minimum absolute atomic E-state index is 0.109. The Morgan fingerprint density at radius 1 is 0.474 bits per heavy atom. The number of hydrogen-bond acceptors (Lipinski definition) is 21. The fraction of sp³-hybridized carbons (Fsp3) is 0.385. The van der Waals surface area contributed by atoms with Gasteiger partial charge in [0, 0.05) is 192 Å². The second-order valence-corrected chi connectivity index (χ2v) is 35.2. The fourth-order valence-electron chi connectivity index (χ4n) is 14.8. The number of benzene rings is 4. The molecule has 4 aromatic carbocycles. The van der Waals surface area contributed by atoms with Crippen LogP contribution in [0.25, 0.3) is 0 Å². The maximum Gasteiger partial charge on any atom is 0.409 e. The molecular formula is C78H96B20N15O21P. The topological polar surface area (TPSA) is 434 Å². The van der Waals surface area contributed by atoms with Gasteiger partial charge in [0.15, 0.2) is 0 Å². The number of nitrogens with zero attached hydrogens (tertiary/aromatic N) is 6. The number of aryl methyl sites for hydroxylation is 1. The standard InChI is InChI=1S/C78H96B20N15O21P/c1-7-132-135(127,133-8-2)51-61(69(118)100-31-37-112(66(115)45-109-35-29-63(103-72(109)121)106-76(125)130-49-54-20-14-10-15-21-54)60(70(119)128-47-56-26-24-52(3)25-27-56)41-58-43-90(58)98(94(85)86)96(88)92(81)82)113(67(116)46-110-36-30-64(104-73(110)122)107-77(126)131-50-55-22-16-11-17-23-55)38-32-99-68(117)59(40-57-42-89(57)97(93(83)84)95(87)91(79)80)111(39-33-101-74(123)134-78(4,5)6)65(114)44-108-34-28-62(102-71(108)120)105-75(124)129-48-53-18-12-9-13-19-53/h9-30,34-36,42-43,51,59-64,127H,7-8,31-33,37-41,44-50H2,1-6H3,(H,99,117)(H,100,118)(H,101,123)(H,102,120)(H,103,121)(H,104,122)(H,105,124)(H,106,125)(H,107,126). The second kappa shape index (κ2) is 51.6. The average Bonchev–Trinajstić information content (AvgIpc) is 1.64. The number of nitrogens with one attached hydrogen (secondary N) is 9. The minimum atomic E-state index is -4.49. The third-order valence-electron chi connectivity index (χ3n) is 21.8. The monoisotopic (exact) mass is 1830 g/mol. The van der Waals surface area contributed by atoms with E-state index in [1.165, 1.54) is 44.5 Å². The lowest BCUT2D eigenvalue weighted by Crippen LogP contribution is -2.64. The summed E-state index contributed by atoms with van der Waals surface area (Å²) in [6, 6.07) is 25.0. The van der Waals surface area contributed by atoms with Crippen molar-refractivity contribution < 1.29 is 100.0 Å². The van der Waals surface area contributed by atoms with Crippen molar-refractivity contribution in [2.45, 2.75) is 123 Å². The Bertz CT molecular complexity index is 5010. The van der Waals surface area contributed by atoms with Gasteiger partial charge in [0.1, 0.15) is 101 Å². The Morgan fingerprint density at radius 2 is 0.822 bits per heavy atom. The summed E-state index contributed by atoms with van der Waals surface area (Å²) in [6.45, 7) is 0.785. The van der Waals surface area contributed by atoms with Crippen molar-refractivity contribution in [3.63, 3.8) is 0 Å². The van der Waals surface area contributed by atoms with Gasteiger partial charge in [-0.25, -0.2) is 38.4 Å². The summed E-state index contributed by atoms with van der Waals surface area (Å²) in [4.78, 5) is 207. The van der Waals surface area contributed by atoms with Crippen LogP contribution in [0, 0.1) is 6.92 Å². The zero-order chi connectivity index (χ0) is 98.4. The third-order valence-corrected chi connectivity index (χ3v) is 23.7. The number of carbonyl (C=O) groups excluding carboxylic acids is 13. The summed E-state index contributed by atoms with van der Waals surface area (Å²) < 4.78 is 39.3. The Morgan fingerprint density at radius 3 is 1.19 bits per heavy atom. The first-order chi connectivity index (χ1) is 64.2. The lowest BCUT2D eigenvalue weighted by atomic mass is 8.57. The SMILES string of the molecule is [B]B([B])B([B])B(B([B])[B])B1C=C1CC(C(=O)NCCN(C(=O)CN1C=CC(NC(=O)OCc2ccccc2)NC1=O)C(C=P(O)(OCC)OCC)C(=O)NCCN(C(=O)CN1C=CC(NC(=O)OCc2ccccc2)NC1=O)C(CC1=CB1B(B([B])[B])B([B])B([B])[B])C(=O)OCc1ccc(C)cc1)N(CCNC(=O)OC(C)(C)C)C(=O)CN1C=CC(NC(=O)OCc2ccccc2)NC1=O. The van der Waals surface area contributed by atoms with Gasteiger partial charge in [-0.15, -0.1) is 22.9 Å². The minimum Gasteiger partial charge on any atom is -0.459 e. The molecule has 10 N–H and O–H groups in total. The molecule has 5 heterocycles. The first kappa shape index (κ1) is 107. The molecule has 6 atom stereocenters. The quantitative estimate of drug-likeness (QED) is 0.00941. The number of rotatable bonds is 49. The van der Waals surface area contributed by atoms with Crippen LogP contribution in [0.3, 0.4) is 0 Å². The second-order valence-electron chi connectivity index (χ2n) is 33.3. The van der Waals surface area contributed by atoms with E-state index in [1.54, 1.807) is 148 Å². The van der Waals surface area contributed by atoms with E-state index >= 15 is 28.8 Å². The van der Waals surface area contributed by atoms with Gasteiger partial charge in [-0.1, -0.05) is 121 Å². The molecular weight excluding hydrogens is 1730 g/mol. The zero-order valence-electron chi connectivity index (χ0n) is 75.9. The molecule has 20 radical (unpaired) electrons. The van der Waals surface area contributed by atoms with Crippen LogP contribution in [0.2, 0.25) is 0 Å². The molecule has 135 heavy (non-hydrogen) atoms. The van der Waals surface area contributed by atoms with Crippen molar-refractivity contribution in [2.24, 2.45) is 0 Å². The van der Waals surface area contributed by atoms with E-state index in [1.807, 2.05) is 6.92 Å². The number of esters is 1. The van der Waals surface area contributed by atoms with Crippen molar-refractivity contribution in [1.29, 1.82) is 0 Å². The number of hydrogen-bond donors (Lipinski definition) is 10. The molecule has 4 aromatic rings. The molecule has 5 aliphatic rings. The molecule has 0 aliphatic carbocycles. The molecule has 674 valence electrons. The molecule has 36 nitrogen and oxygen atoms in total.